The number of benzene rings is 1. The number of methoxy groups -OCH3 is 1. The summed E-state index contributed by atoms with van der Waals surface area (Å²) in [7, 11) is -0.410. The molecule has 2 aliphatic rings. The molecule has 130 valence electrons. The smallest absolute Gasteiger partial charge is 0.243 e. The van der Waals surface area contributed by atoms with Gasteiger partial charge in [-0.1, -0.05) is 6.07 Å². The lowest BCUT2D eigenvalue weighted by Crippen LogP contribution is -2.62. The third-order valence-corrected chi connectivity index (χ3v) is 6.43. The molecule has 4 rings (SSSR count). The molecule has 1 aliphatic carbocycles. The fraction of sp³-hybridized carbons (Fsp3) is 0.600. The molecule has 8 nitrogen and oxygen atoms in total. The Morgan fingerprint density at radius 3 is 3.04 bits per heavy atom. The van der Waals surface area contributed by atoms with Gasteiger partial charge in [0.2, 0.25) is 10.0 Å². The third kappa shape index (κ3) is 2.43. The zero-order valence-electron chi connectivity index (χ0n) is 13.5. The van der Waals surface area contributed by atoms with Gasteiger partial charge in [-0.25, -0.2) is 13.1 Å². The summed E-state index contributed by atoms with van der Waals surface area (Å²) in [6, 6.07) is 4.82. The molecule has 0 bridgehead atoms. The van der Waals surface area contributed by atoms with E-state index < -0.39 is 10.0 Å². The molecule has 4 atom stereocenters. The summed E-state index contributed by atoms with van der Waals surface area (Å²) in [4.78, 5) is 1.54. The van der Waals surface area contributed by atoms with E-state index in [0.29, 0.717) is 24.2 Å². The summed E-state index contributed by atoms with van der Waals surface area (Å²) in [5.74, 6) is 0.249. The third-order valence-electron chi connectivity index (χ3n) is 4.94. The number of hydrogen-bond acceptors (Lipinski definition) is 6. The fourth-order valence-electron chi connectivity index (χ4n) is 3.87. The molecule has 1 aromatic carbocycles. The van der Waals surface area contributed by atoms with Crippen molar-refractivity contribution in [3.63, 3.8) is 0 Å². The van der Waals surface area contributed by atoms with Gasteiger partial charge in [-0.05, 0) is 18.6 Å². The predicted molar refractivity (Wildman–Crippen MR) is 85.8 cm³/mol. The Balaban J connectivity index is 1.65. The van der Waals surface area contributed by atoms with Crippen molar-refractivity contribution in [3.05, 3.63) is 18.2 Å². The molecule has 2 heterocycles. The molecule has 0 radical (unpaired) electrons. The molecule has 1 N–H and O–H groups in total. The van der Waals surface area contributed by atoms with Crippen LogP contribution >= 0.6 is 0 Å². The van der Waals surface area contributed by atoms with Crippen LogP contribution in [0.3, 0.4) is 0 Å². The van der Waals surface area contributed by atoms with E-state index in [4.69, 9.17) is 9.47 Å². The van der Waals surface area contributed by atoms with E-state index in [9.17, 15) is 8.42 Å². The van der Waals surface area contributed by atoms with Gasteiger partial charge in [0, 0.05) is 38.6 Å². The second-order valence-corrected chi connectivity index (χ2v) is 8.05. The summed E-state index contributed by atoms with van der Waals surface area (Å²) in [5.41, 5.74) is 0.943. The van der Waals surface area contributed by atoms with Crippen molar-refractivity contribution in [2.24, 2.45) is 18.9 Å². The lowest BCUT2D eigenvalue weighted by molar-refractivity contribution is -0.0775. The number of sulfonamides is 1. The lowest BCUT2D eigenvalue weighted by atomic mass is 9.68. The second-order valence-electron chi connectivity index (χ2n) is 6.37. The van der Waals surface area contributed by atoms with Gasteiger partial charge in [0.15, 0.2) is 0 Å². The van der Waals surface area contributed by atoms with E-state index in [1.165, 1.54) is 4.80 Å². The van der Waals surface area contributed by atoms with Crippen molar-refractivity contribution in [2.75, 3.05) is 20.3 Å². The van der Waals surface area contributed by atoms with E-state index in [1.807, 2.05) is 0 Å². The highest BCUT2D eigenvalue weighted by Crippen LogP contribution is 2.44. The van der Waals surface area contributed by atoms with Crippen molar-refractivity contribution < 1.29 is 17.9 Å². The average molecular weight is 352 g/mol. The highest BCUT2D eigenvalue weighted by molar-refractivity contribution is 7.89. The van der Waals surface area contributed by atoms with Crippen LogP contribution in [-0.4, -0.2) is 55.9 Å². The van der Waals surface area contributed by atoms with E-state index in [0.717, 1.165) is 6.42 Å². The number of nitrogens with one attached hydrogen (secondary N) is 1. The van der Waals surface area contributed by atoms with Crippen LogP contribution in [0.15, 0.2) is 23.1 Å². The first-order chi connectivity index (χ1) is 11.5. The Morgan fingerprint density at radius 2 is 2.25 bits per heavy atom. The summed E-state index contributed by atoms with van der Waals surface area (Å²) in [6.07, 6.45) is 0.956. The summed E-state index contributed by atoms with van der Waals surface area (Å²) >= 11 is 0. The van der Waals surface area contributed by atoms with Gasteiger partial charge in [0.1, 0.15) is 15.9 Å². The number of hydrogen-bond donors (Lipinski definition) is 1. The van der Waals surface area contributed by atoms with Gasteiger partial charge in [-0.3, -0.25) is 0 Å². The van der Waals surface area contributed by atoms with E-state index in [2.05, 4.69) is 14.9 Å². The predicted octanol–water partition coefficient (Wildman–Crippen LogP) is 0.296. The molecule has 2 fully saturated rings. The molecular weight excluding hydrogens is 332 g/mol. The van der Waals surface area contributed by atoms with E-state index >= 15 is 0 Å². The molecule has 0 unspecified atom stereocenters. The first kappa shape index (κ1) is 15.9. The van der Waals surface area contributed by atoms with Crippen molar-refractivity contribution in [3.8, 4) is 0 Å². The molecule has 1 saturated carbocycles. The maximum Gasteiger partial charge on any atom is 0.243 e. The van der Waals surface area contributed by atoms with E-state index in [-0.39, 0.29) is 28.9 Å². The van der Waals surface area contributed by atoms with Crippen LogP contribution in [0, 0.1) is 11.8 Å². The highest BCUT2D eigenvalue weighted by atomic mass is 32.2. The van der Waals surface area contributed by atoms with Crippen LogP contribution < -0.4 is 4.72 Å². The molecule has 0 spiro atoms. The number of aromatic nitrogens is 3. The molecule has 9 heteroatoms. The lowest BCUT2D eigenvalue weighted by Gasteiger charge is -2.47. The standard InChI is InChI=1S/C15H20N4O4S/c1-19-16-11-4-3-5-12(14(11)17-19)24(20,21)18-13-9-6-7-23-15(9)10(13)8-22-2/h3-5,9-10,13,15,18H,6-8H2,1-2H3/t9-,10+,13-,15-/m1/s1. The minimum atomic E-state index is -3.70. The molecule has 1 saturated heterocycles. The SMILES string of the molecule is COC[C@H]1[C@H](NS(=O)(=O)c2cccc3nn(C)nc23)[C@H]2CCO[C@H]21. The molecule has 1 aromatic heterocycles. The summed E-state index contributed by atoms with van der Waals surface area (Å²) in [5, 5.41) is 8.36. The Morgan fingerprint density at radius 1 is 1.42 bits per heavy atom. The topological polar surface area (TPSA) is 95.3 Å². The van der Waals surface area contributed by atoms with Gasteiger partial charge in [0.25, 0.3) is 0 Å². The van der Waals surface area contributed by atoms with Crippen LogP contribution in [0.2, 0.25) is 0 Å². The van der Waals surface area contributed by atoms with Crippen LogP contribution in [0.1, 0.15) is 6.42 Å². The molecular formula is C15H20N4O4S. The minimum Gasteiger partial charge on any atom is -0.384 e. The van der Waals surface area contributed by atoms with Crippen molar-refractivity contribution in [1.29, 1.82) is 0 Å². The van der Waals surface area contributed by atoms with Crippen molar-refractivity contribution in [2.45, 2.75) is 23.5 Å². The maximum absolute atomic E-state index is 12.9. The highest BCUT2D eigenvalue weighted by Gasteiger charge is 2.55. The number of nitrogens with zero attached hydrogens (tertiary/aromatic N) is 3. The fourth-order valence-corrected chi connectivity index (χ4v) is 5.36. The van der Waals surface area contributed by atoms with Gasteiger partial charge < -0.3 is 9.47 Å². The van der Waals surface area contributed by atoms with Crippen molar-refractivity contribution in [1.82, 2.24) is 19.7 Å². The first-order valence-electron chi connectivity index (χ1n) is 7.94. The monoisotopic (exact) mass is 352 g/mol. The minimum absolute atomic E-state index is 0.0401. The van der Waals surface area contributed by atoms with Gasteiger partial charge in [-0.2, -0.15) is 15.0 Å². The van der Waals surface area contributed by atoms with Crippen LogP contribution in [0.5, 0.6) is 0 Å². The molecule has 1 aliphatic heterocycles. The number of ether oxygens (including phenoxy) is 2. The second kappa shape index (κ2) is 5.76. The Hall–Kier alpha value is -1.55. The van der Waals surface area contributed by atoms with Gasteiger partial charge >= 0.3 is 0 Å². The first-order valence-corrected chi connectivity index (χ1v) is 9.42. The van der Waals surface area contributed by atoms with Crippen LogP contribution in [0.25, 0.3) is 11.0 Å². The summed E-state index contributed by atoms with van der Waals surface area (Å²) in [6.45, 7) is 1.15. The normalized spacial score (nSPS) is 29.6. The maximum atomic E-state index is 12.9. The largest absolute Gasteiger partial charge is 0.384 e. The molecule has 24 heavy (non-hydrogen) atoms. The Kier molecular flexibility index (Phi) is 3.83. The zero-order valence-corrected chi connectivity index (χ0v) is 14.4. The number of rotatable bonds is 5. The number of aryl methyl sites for hydroxylation is 1. The van der Waals surface area contributed by atoms with Crippen molar-refractivity contribution >= 4 is 21.1 Å². The molecule has 0 amide bonds. The molecule has 2 aromatic rings. The van der Waals surface area contributed by atoms with Gasteiger partial charge in [0.05, 0.1) is 12.7 Å². The Labute approximate surface area is 140 Å². The van der Waals surface area contributed by atoms with E-state index in [1.54, 1.807) is 32.4 Å². The number of fused-ring (bicyclic) bond motifs is 2. The zero-order chi connectivity index (χ0) is 16.9. The van der Waals surface area contributed by atoms with Crippen LogP contribution in [-0.2, 0) is 26.5 Å². The Bertz CT molecular complexity index is 865. The average Bonchev–Trinajstić information content (AvgIpc) is 3.12. The quantitative estimate of drug-likeness (QED) is 0.831. The van der Waals surface area contributed by atoms with Gasteiger partial charge in [-0.15, -0.1) is 0 Å². The van der Waals surface area contributed by atoms with Crippen LogP contribution in [0.4, 0.5) is 0 Å². The summed E-state index contributed by atoms with van der Waals surface area (Å²) < 4.78 is 39.6.